The van der Waals surface area contributed by atoms with Crippen LogP contribution in [0.1, 0.15) is 40.2 Å². The van der Waals surface area contributed by atoms with Gasteiger partial charge in [0, 0.05) is 18.9 Å². The minimum atomic E-state index is -4.81. The van der Waals surface area contributed by atoms with Crippen LogP contribution in [0, 0.1) is 15.9 Å². The fourth-order valence-electron chi connectivity index (χ4n) is 3.01. The molecule has 0 aliphatic heterocycles. The van der Waals surface area contributed by atoms with Gasteiger partial charge < -0.3 is 5.32 Å². The van der Waals surface area contributed by atoms with Crippen molar-refractivity contribution in [2.45, 2.75) is 31.1 Å². The number of alkyl halides is 6. The molecule has 0 bridgehead atoms. The third kappa shape index (κ3) is 8.33. The number of carbonyl (C=O) groups is 2. The van der Waals surface area contributed by atoms with E-state index in [2.05, 4.69) is 0 Å². The summed E-state index contributed by atoms with van der Waals surface area (Å²) in [7, 11) is 0. The van der Waals surface area contributed by atoms with Gasteiger partial charge in [-0.2, -0.15) is 26.3 Å². The first-order valence-electron chi connectivity index (χ1n) is 9.93. The summed E-state index contributed by atoms with van der Waals surface area (Å²) in [4.78, 5) is 34.2. The van der Waals surface area contributed by atoms with Gasteiger partial charge in [0.25, 0.3) is 5.69 Å². The Bertz CT molecular complexity index is 1180. The molecular formula is C22H16ClF7N2O4. The predicted molar refractivity (Wildman–Crippen MR) is 115 cm³/mol. The van der Waals surface area contributed by atoms with Crippen molar-refractivity contribution in [3.8, 4) is 0 Å². The van der Waals surface area contributed by atoms with Crippen LogP contribution in [0.5, 0.6) is 0 Å². The van der Waals surface area contributed by atoms with E-state index in [0.717, 1.165) is 42.5 Å². The Labute approximate surface area is 203 Å². The van der Waals surface area contributed by atoms with Gasteiger partial charge in [-0.05, 0) is 29.3 Å². The number of hydrogen-bond donors (Lipinski definition) is 1. The molecule has 1 unspecified atom stereocenters. The average Bonchev–Trinajstić information content (AvgIpc) is 2.77. The Balaban J connectivity index is 2.24. The van der Waals surface area contributed by atoms with Crippen LogP contribution in [-0.2, 0) is 4.79 Å². The predicted octanol–water partition coefficient (Wildman–Crippen LogP) is 6.39. The lowest BCUT2D eigenvalue weighted by Crippen LogP contribution is -2.33. The highest BCUT2D eigenvalue weighted by atomic mass is 35.5. The highest BCUT2D eigenvalue weighted by Gasteiger charge is 2.39. The van der Waals surface area contributed by atoms with Gasteiger partial charge in [0.1, 0.15) is 12.4 Å². The lowest BCUT2D eigenvalue weighted by molar-refractivity contribution is -0.385. The maximum absolute atomic E-state index is 13.6. The van der Waals surface area contributed by atoms with Gasteiger partial charge in [0.2, 0.25) is 5.91 Å². The number of Topliss-reactive ketones (excluding diaryl/α,β-unsaturated/α-hetero) is 1. The Morgan fingerprint density at radius 3 is 2.28 bits per heavy atom. The van der Waals surface area contributed by atoms with Crippen LogP contribution in [0.15, 0.2) is 42.5 Å². The zero-order valence-electron chi connectivity index (χ0n) is 17.9. The van der Waals surface area contributed by atoms with Gasteiger partial charge in [-0.25, -0.2) is 4.39 Å². The minimum absolute atomic E-state index is 0.0800. The second-order valence-electron chi connectivity index (χ2n) is 7.40. The molecule has 14 heteroatoms. The summed E-state index contributed by atoms with van der Waals surface area (Å²) < 4.78 is 90.4. The first kappa shape index (κ1) is 28.8. The molecule has 0 heterocycles. The van der Waals surface area contributed by atoms with Gasteiger partial charge in [0.15, 0.2) is 5.78 Å². The van der Waals surface area contributed by atoms with Crippen molar-refractivity contribution < 1.29 is 45.2 Å². The number of nitrogens with zero attached hydrogens (tertiary/aromatic N) is 1. The van der Waals surface area contributed by atoms with E-state index in [1.165, 1.54) is 0 Å². The summed E-state index contributed by atoms with van der Waals surface area (Å²) in [6.07, 6.45) is -9.18. The van der Waals surface area contributed by atoms with Crippen LogP contribution in [0.25, 0.3) is 6.08 Å². The molecule has 194 valence electrons. The van der Waals surface area contributed by atoms with E-state index >= 15 is 0 Å². The largest absolute Gasteiger partial charge is 0.405 e. The zero-order valence-corrected chi connectivity index (χ0v) is 18.7. The van der Waals surface area contributed by atoms with Crippen LogP contribution in [0.4, 0.5) is 36.4 Å². The number of rotatable bonds is 9. The van der Waals surface area contributed by atoms with Crippen LogP contribution in [0.3, 0.4) is 0 Å². The number of ketones is 1. The van der Waals surface area contributed by atoms with E-state index < -0.39 is 76.4 Å². The number of nitrogens with one attached hydrogen (secondary N) is 1. The summed E-state index contributed by atoms with van der Waals surface area (Å²) >= 11 is 5.56. The molecule has 1 atom stereocenters. The number of nitro benzene ring substituents is 1. The van der Waals surface area contributed by atoms with Crippen molar-refractivity contribution in [1.29, 1.82) is 0 Å². The number of hydrogen-bond acceptors (Lipinski definition) is 4. The van der Waals surface area contributed by atoms with Crippen molar-refractivity contribution in [3.05, 3.63) is 80.1 Å². The first-order valence-corrected chi connectivity index (χ1v) is 10.3. The van der Waals surface area contributed by atoms with E-state index in [1.807, 2.05) is 0 Å². The van der Waals surface area contributed by atoms with Crippen LogP contribution in [0.2, 0.25) is 5.02 Å². The zero-order chi connectivity index (χ0) is 27.3. The number of halogens is 8. The Kier molecular flexibility index (Phi) is 9.19. The monoisotopic (exact) mass is 540 g/mol. The van der Waals surface area contributed by atoms with Crippen molar-refractivity contribution in [2.75, 3.05) is 6.54 Å². The molecular weight excluding hydrogens is 525 g/mol. The summed E-state index contributed by atoms with van der Waals surface area (Å²) in [5.41, 5.74) is -1.71. The fraction of sp³-hybridized carbons (Fsp3) is 0.273. The van der Waals surface area contributed by atoms with Crippen molar-refractivity contribution in [3.63, 3.8) is 0 Å². The molecule has 0 aliphatic carbocycles. The Morgan fingerprint density at radius 1 is 1.06 bits per heavy atom. The Morgan fingerprint density at radius 2 is 1.72 bits per heavy atom. The van der Waals surface area contributed by atoms with E-state index in [4.69, 9.17) is 11.6 Å². The topological polar surface area (TPSA) is 89.3 Å². The lowest BCUT2D eigenvalue weighted by atomic mass is 9.96. The second-order valence-corrected chi connectivity index (χ2v) is 7.81. The molecule has 0 spiro atoms. The van der Waals surface area contributed by atoms with E-state index in [1.54, 1.807) is 5.32 Å². The number of allylic oxidation sites excluding steroid dienone is 1. The molecule has 1 N–H and O–H groups in total. The standard InChI is InChI=1S/C22H16ClF7N2O4/c23-16-10-13(3-6-17(16)24)15(22(28,29)30)5-2-12-1-4-14(18(9-12)32(35)36)19(33)7-8-20(34)31-11-21(25,26)27/h1-6,9-10,15H,7-8,11H2,(H,31,34)/b5-2+. The normalized spacial score (nSPS) is 13.0. The Hall–Kier alpha value is -3.48. The quantitative estimate of drug-likeness (QED) is 0.173. The minimum Gasteiger partial charge on any atom is -0.347 e. The molecule has 0 saturated carbocycles. The first-order chi connectivity index (χ1) is 16.6. The molecule has 2 aromatic carbocycles. The molecule has 0 aliphatic rings. The molecule has 0 fully saturated rings. The molecule has 0 radical (unpaired) electrons. The summed E-state index contributed by atoms with van der Waals surface area (Å²) in [6, 6.07) is 5.36. The fourth-order valence-corrected chi connectivity index (χ4v) is 3.20. The van der Waals surface area contributed by atoms with Gasteiger partial charge in [-0.3, -0.25) is 19.7 Å². The van der Waals surface area contributed by atoms with Crippen LogP contribution in [-0.4, -0.2) is 35.5 Å². The smallest absolute Gasteiger partial charge is 0.347 e. The van der Waals surface area contributed by atoms with Gasteiger partial charge in [0.05, 0.1) is 21.4 Å². The molecule has 1 amide bonds. The number of benzene rings is 2. The molecule has 36 heavy (non-hydrogen) atoms. The number of carbonyl (C=O) groups excluding carboxylic acids is 2. The lowest BCUT2D eigenvalue weighted by Gasteiger charge is -2.17. The van der Waals surface area contributed by atoms with Crippen molar-refractivity contribution in [2.24, 2.45) is 0 Å². The molecule has 0 saturated heterocycles. The SMILES string of the molecule is O=C(CCC(=O)c1ccc(/C=C/C(c2ccc(F)c(Cl)c2)C(F)(F)F)cc1[N+](=O)[O-])NCC(F)(F)F. The van der Waals surface area contributed by atoms with Crippen molar-refractivity contribution in [1.82, 2.24) is 5.32 Å². The molecule has 2 aromatic rings. The summed E-state index contributed by atoms with van der Waals surface area (Å²) in [5.74, 6) is -5.17. The van der Waals surface area contributed by atoms with Gasteiger partial charge in [-0.1, -0.05) is 35.9 Å². The van der Waals surface area contributed by atoms with E-state index in [-0.39, 0.29) is 11.1 Å². The van der Waals surface area contributed by atoms with E-state index in [9.17, 15) is 50.4 Å². The van der Waals surface area contributed by atoms with E-state index in [0.29, 0.717) is 6.08 Å². The summed E-state index contributed by atoms with van der Waals surface area (Å²) in [6.45, 7) is -1.61. The number of amides is 1. The highest BCUT2D eigenvalue weighted by Crippen LogP contribution is 2.38. The molecule has 2 rings (SSSR count). The van der Waals surface area contributed by atoms with Crippen LogP contribution >= 0.6 is 11.6 Å². The molecule has 6 nitrogen and oxygen atoms in total. The maximum atomic E-state index is 13.6. The van der Waals surface area contributed by atoms with Gasteiger partial charge >= 0.3 is 12.4 Å². The third-order valence-electron chi connectivity index (χ3n) is 4.72. The third-order valence-corrected chi connectivity index (χ3v) is 5.01. The number of nitro groups is 1. The van der Waals surface area contributed by atoms with Crippen molar-refractivity contribution >= 4 is 35.1 Å². The highest BCUT2D eigenvalue weighted by molar-refractivity contribution is 6.30. The maximum Gasteiger partial charge on any atom is 0.405 e. The second kappa shape index (κ2) is 11.5. The van der Waals surface area contributed by atoms with Gasteiger partial charge in [-0.15, -0.1) is 0 Å². The molecule has 0 aromatic heterocycles. The average molecular weight is 541 g/mol. The van der Waals surface area contributed by atoms with Crippen LogP contribution < -0.4 is 5.32 Å². The summed E-state index contributed by atoms with van der Waals surface area (Å²) in [5, 5.41) is 12.4.